The highest BCUT2D eigenvalue weighted by molar-refractivity contribution is 5.98. The molecule has 0 amide bonds. The van der Waals surface area contributed by atoms with Gasteiger partial charge in [0.15, 0.2) is 0 Å². The summed E-state index contributed by atoms with van der Waals surface area (Å²) in [7, 11) is 0. The number of allylic oxidation sites excluding steroid dienone is 3. The molecule has 0 heterocycles. The normalized spacial score (nSPS) is 15.7. The molecule has 456 valence electrons. The first-order valence-corrected chi connectivity index (χ1v) is 33.7. The van der Waals surface area contributed by atoms with Gasteiger partial charge in [-0.2, -0.15) is 0 Å². The lowest BCUT2D eigenvalue weighted by Crippen LogP contribution is -2.19. The van der Waals surface area contributed by atoms with Crippen molar-refractivity contribution in [3.8, 4) is 44.5 Å². The molecule has 4 aliphatic rings. The van der Waals surface area contributed by atoms with Crippen LogP contribution in [0.1, 0.15) is 115 Å². The Morgan fingerprint density at radius 2 is 0.674 bits per heavy atom. The van der Waals surface area contributed by atoms with Gasteiger partial charge < -0.3 is 9.80 Å². The summed E-state index contributed by atoms with van der Waals surface area (Å²) in [5.74, 6) is 0.321. The highest BCUT2D eigenvalue weighted by atomic mass is 15.2. The number of hydrogen-bond donors (Lipinski definition) is 0. The van der Waals surface area contributed by atoms with Gasteiger partial charge in [-0.3, -0.25) is 0 Å². The summed E-state index contributed by atoms with van der Waals surface area (Å²) in [5.41, 5.74) is 31.1. The third kappa shape index (κ3) is 9.84. The van der Waals surface area contributed by atoms with E-state index in [2.05, 4.69) is 373 Å². The monoisotopic (exact) mass is 1220 g/mol. The molecule has 0 radical (unpaired) electrons. The molecule has 13 aromatic carbocycles. The van der Waals surface area contributed by atoms with Crippen molar-refractivity contribution < 1.29 is 0 Å². The Hall–Kier alpha value is -11.1. The maximum absolute atomic E-state index is 2.45. The van der Waals surface area contributed by atoms with Crippen LogP contribution in [-0.2, 0) is 16.2 Å². The summed E-state index contributed by atoms with van der Waals surface area (Å²) in [5, 5.41) is 5.15. The largest absolute Gasteiger partial charge is 0.311 e. The van der Waals surface area contributed by atoms with Crippen molar-refractivity contribution in [2.45, 2.75) is 70.1 Å². The lowest BCUT2D eigenvalue weighted by atomic mass is 9.81. The van der Waals surface area contributed by atoms with Crippen LogP contribution in [0.25, 0.3) is 90.4 Å². The molecular weight excluding hydrogens is 1150 g/mol. The fourth-order valence-corrected chi connectivity index (χ4v) is 16.2. The predicted octanol–water partition coefficient (Wildman–Crippen LogP) is 25.2. The van der Waals surface area contributed by atoms with E-state index in [1.165, 1.54) is 139 Å². The van der Waals surface area contributed by atoms with E-state index in [4.69, 9.17) is 0 Å². The van der Waals surface area contributed by atoms with Crippen LogP contribution in [0, 0.1) is 0 Å². The Kier molecular flexibility index (Phi) is 13.8. The molecule has 4 aliphatic carbocycles. The summed E-state index contributed by atoms with van der Waals surface area (Å²) in [6.07, 6.45) is 17.3. The zero-order chi connectivity index (χ0) is 64.2. The van der Waals surface area contributed by atoms with Crippen molar-refractivity contribution in [1.82, 2.24) is 0 Å². The van der Waals surface area contributed by atoms with Crippen LogP contribution in [0.4, 0.5) is 28.4 Å². The zero-order valence-corrected chi connectivity index (χ0v) is 54.8. The lowest BCUT2D eigenvalue weighted by Gasteiger charge is -2.30. The molecule has 0 bridgehead atoms. The number of benzene rings is 13. The molecule has 0 fully saturated rings. The second-order valence-electron chi connectivity index (χ2n) is 28.0. The number of rotatable bonds is 12. The van der Waals surface area contributed by atoms with Crippen LogP contribution < -0.4 is 9.80 Å². The third-order valence-corrected chi connectivity index (χ3v) is 21.4. The van der Waals surface area contributed by atoms with Gasteiger partial charge in [0, 0.05) is 56.3 Å². The fraction of sp³-hybridized carbons (Fsp3) is 0.118. The summed E-state index contributed by atoms with van der Waals surface area (Å²) in [6.45, 7) is 14.4. The minimum atomic E-state index is -0.206. The molecule has 13 aromatic rings. The minimum absolute atomic E-state index is 0.167. The Bertz CT molecular complexity index is 5350. The molecule has 2 heteroatoms. The maximum atomic E-state index is 2.45. The first-order valence-electron chi connectivity index (χ1n) is 33.7. The Labute approximate surface area is 559 Å². The number of fused-ring (bicyclic) bond motifs is 11. The first-order chi connectivity index (χ1) is 46.3. The van der Waals surface area contributed by atoms with E-state index in [0.29, 0.717) is 5.92 Å². The van der Waals surface area contributed by atoms with Crippen molar-refractivity contribution in [2.75, 3.05) is 9.80 Å². The number of nitrogens with zero attached hydrogens (tertiary/aromatic N) is 2. The van der Waals surface area contributed by atoms with E-state index in [1.54, 1.807) is 0 Å². The van der Waals surface area contributed by atoms with Crippen LogP contribution in [0.5, 0.6) is 0 Å². The topological polar surface area (TPSA) is 6.48 Å². The molecule has 0 spiro atoms. The van der Waals surface area contributed by atoms with Crippen LogP contribution >= 0.6 is 0 Å². The smallest absolute Gasteiger partial charge is 0.0465 e. The zero-order valence-electron chi connectivity index (χ0n) is 54.8. The molecule has 0 N–H and O–H groups in total. The van der Waals surface area contributed by atoms with Gasteiger partial charge in [-0.05, 0) is 200 Å². The first kappa shape index (κ1) is 57.8. The van der Waals surface area contributed by atoms with Crippen molar-refractivity contribution in [2.24, 2.45) is 0 Å². The maximum Gasteiger partial charge on any atom is 0.0465 e. The summed E-state index contributed by atoms with van der Waals surface area (Å²) >= 11 is 0. The fourth-order valence-electron chi connectivity index (χ4n) is 16.2. The molecule has 2 nitrogen and oxygen atoms in total. The van der Waals surface area contributed by atoms with Gasteiger partial charge >= 0.3 is 0 Å². The molecule has 95 heavy (non-hydrogen) atoms. The molecule has 1 unspecified atom stereocenters. The van der Waals surface area contributed by atoms with Crippen LogP contribution in [0.2, 0.25) is 0 Å². The van der Waals surface area contributed by atoms with Gasteiger partial charge in [0.1, 0.15) is 0 Å². The number of hydrogen-bond acceptors (Lipinski definition) is 2. The highest BCUT2D eigenvalue weighted by Gasteiger charge is 2.39. The number of anilines is 5. The molecule has 0 aromatic heterocycles. The lowest BCUT2D eigenvalue weighted by molar-refractivity contribution is 0.660. The van der Waals surface area contributed by atoms with Gasteiger partial charge in [0.05, 0.1) is 0 Å². The van der Waals surface area contributed by atoms with E-state index in [9.17, 15) is 0 Å². The number of para-hydroxylation sites is 2. The van der Waals surface area contributed by atoms with Gasteiger partial charge in [0.2, 0.25) is 0 Å². The Morgan fingerprint density at radius 1 is 0.305 bits per heavy atom. The van der Waals surface area contributed by atoms with E-state index < -0.39 is 0 Å². The Morgan fingerprint density at radius 3 is 1.15 bits per heavy atom. The van der Waals surface area contributed by atoms with Crippen molar-refractivity contribution in [3.63, 3.8) is 0 Å². The van der Waals surface area contributed by atoms with Crippen LogP contribution in [0.15, 0.2) is 303 Å². The molecule has 0 saturated carbocycles. The second-order valence-corrected chi connectivity index (χ2v) is 28.0. The minimum Gasteiger partial charge on any atom is -0.311 e. The van der Waals surface area contributed by atoms with Crippen LogP contribution in [-0.4, -0.2) is 0 Å². The van der Waals surface area contributed by atoms with Gasteiger partial charge in [-0.25, -0.2) is 0 Å². The summed E-state index contributed by atoms with van der Waals surface area (Å²) in [4.78, 5) is 4.83. The highest BCUT2D eigenvalue weighted by Crippen LogP contribution is 2.54. The molecule has 1 atom stereocenters. The molecule has 0 saturated heterocycles. The van der Waals surface area contributed by atoms with Gasteiger partial charge in [0.25, 0.3) is 0 Å². The average Bonchev–Trinajstić information content (AvgIpc) is 1.60. The summed E-state index contributed by atoms with van der Waals surface area (Å²) in [6, 6.07) is 104. The standard InChI is InChI=1S/C93H74N2/c1-91(2)85-55-61(31-33-63-37-51-81-83-53-47-73(59-89(83)92(3,4)87(81)57-63)94(69-23-9-7-10-24-69)71-43-39-67(40-44-71)77-29-17-21-65-19-13-15-27-75(65)77)35-49-79(85)80-50-36-62(56-86(80)91)32-34-64-38-52-82-84-54-48-74(60-90(84)93(5,6)88(82)58-64)95(70-25-11-8-12-26-70)72-45-41-68(42-46-72)78-30-18-22-66-20-14-16-28-76(66)78/h7-41,43-60,68H,42H2,1-6H3/b33-31+,34-32+. The van der Waals surface area contributed by atoms with E-state index in [-0.39, 0.29) is 16.2 Å². The molecule has 17 rings (SSSR count). The van der Waals surface area contributed by atoms with E-state index >= 15 is 0 Å². The van der Waals surface area contributed by atoms with Crippen molar-refractivity contribution >= 4 is 74.3 Å². The van der Waals surface area contributed by atoms with E-state index in [1.807, 2.05) is 0 Å². The third-order valence-electron chi connectivity index (χ3n) is 21.4. The predicted molar refractivity (Wildman–Crippen MR) is 405 cm³/mol. The SMILES string of the molecule is CC1(C)c2cc(/C=C/c3ccc4c(c3)C(C)(C)c3cc(N(C5=CCC(c6cccc7ccccc67)C=C5)c5ccccc5)ccc3-4)ccc2-c2ccc(/C=C/c3ccc4c(c3)C(C)(C)c3cc(N(c5ccccc5)c5ccc(-c6cccc7ccccc67)cc5)ccc3-4)cc21. The van der Waals surface area contributed by atoms with Gasteiger partial charge in [-0.15, -0.1) is 0 Å². The Balaban J connectivity index is 0.593. The average molecular weight is 1220 g/mol. The summed E-state index contributed by atoms with van der Waals surface area (Å²) < 4.78 is 0. The van der Waals surface area contributed by atoms with E-state index in [0.717, 1.165) is 29.2 Å². The second kappa shape index (κ2) is 22.6. The van der Waals surface area contributed by atoms with Crippen molar-refractivity contribution in [1.29, 1.82) is 0 Å². The van der Waals surface area contributed by atoms with Crippen LogP contribution in [0.3, 0.4) is 0 Å². The quantitative estimate of drug-likeness (QED) is 0.113. The van der Waals surface area contributed by atoms with Crippen molar-refractivity contribution in [3.05, 3.63) is 364 Å². The van der Waals surface area contributed by atoms with Gasteiger partial charge in [-0.1, -0.05) is 296 Å². The molecular formula is C93H74N2. The molecule has 0 aliphatic heterocycles.